The van der Waals surface area contributed by atoms with Crippen LogP contribution in [-0.2, 0) is 17.8 Å². The molecule has 8 heteroatoms. The molecule has 0 bridgehead atoms. The Kier molecular flexibility index (Phi) is 6.39. The van der Waals surface area contributed by atoms with Gasteiger partial charge in [0.25, 0.3) is 5.91 Å². The molecule has 0 saturated carbocycles. The molecule has 1 heterocycles. The summed E-state index contributed by atoms with van der Waals surface area (Å²) in [4.78, 5) is 27.9. The van der Waals surface area contributed by atoms with Gasteiger partial charge in [-0.05, 0) is 42.0 Å². The summed E-state index contributed by atoms with van der Waals surface area (Å²) in [7, 11) is 1.58. The molecule has 0 aliphatic carbocycles. The summed E-state index contributed by atoms with van der Waals surface area (Å²) in [6.07, 6.45) is 0.584. The van der Waals surface area contributed by atoms with Crippen molar-refractivity contribution >= 4 is 23.4 Å². The van der Waals surface area contributed by atoms with E-state index in [1.165, 1.54) is 0 Å². The molecule has 0 saturated heterocycles. The van der Waals surface area contributed by atoms with Gasteiger partial charge in [0.2, 0.25) is 17.6 Å². The van der Waals surface area contributed by atoms with Gasteiger partial charge in [-0.1, -0.05) is 28.9 Å². The van der Waals surface area contributed by atoms with Gasteiger partial charge >= 0.3 is 0 Å². The molecule has 28 heavy (non-hydrogen) atoms. The van der Waals surface area contributed by atoms with Crippen LogP contribution in [0, 0.1) is 0 Å². The van der Waals surface area contributed by atoms with Crippen molar-refractivity contribution in [3.05, 3.63) is 70.6 Å². The first kappa shape index (κ1) is 19.6. The number of aryl methyl sites for hydroxylation is 1. The molecule has 7 nitrogen and oxygen atoms in total. The fourth-order valence-electron chi connectivity index (χ4n) is 2.50. The molecule has 0 aliphatic heterocycles. The molecule has 144 valence electrons. The maximum atomic E-state index is 12.0. The highest BCUT2D eigenvalue weighted by Gasteiger charge is 2.11. The van der Waals surface area contributed by atoms with Crippen LogP contribution in [0.4, 0.5) is 0 Å². The summed E-state index contributed by atoms with van der Waals surface area (Å²) in [5, 5.41) is 9.95. The van der Waals surface area contributed by atoms with Crippen molar-refractivity contribution in [1.82, 2.24) is 20.8 Å². The standard InChI is InChI=1S/C20H19ClN4O3/c1-22-20(27)15-4-2-13(3-5-15)12-23-17(26)10-11-18-24-19(25-28-18)14-6-8-16(21)9-7-14/h2-9H,10-12H2,1H3,(H,22,27)(H,23,26). The van der Waals surface area contributed by atoms with Crippen LogP contribution in [0.3, 0.4) is 0 Å². The number of carbonyl (C=O) groups is 2. The highest BCUT2D eigenvalue weighted by molar-refractivity contribution is 6.30. The normalized spacial score (nSPS) is 10.5. The molecule has 3 aromatic rings. The van der Waals surface area contributed by atoms with E-state index in [0.717, 1.165) is 11.1 Å². The maximum absolute atomic E-state index is 12.0. The molecule has 2 aromatic carbocycles. The lowest BCUT2D eigenvalue weighted by atomic mass is 10.1. The average Bonchev–Trinajstić information content (AvgIpc) is 3.20. The highest BCUT2D eigenvalue weighted by Crippen LogP contribution is 2.19. The Morgan fingerprint density at radius 2 is 1.79 bits per heavy atom. The number of halogens is 1. The number of nitrogens with zero attached hydrogens (tertiary/aromatic N) is 2. The Balaban J connectivity index is 1.47. The second-order valence-electron chi connectivity index (χ2n) is 6.07. The fourth-order valence-corrected chi connectivity index (χ4v) is 2.63. The van der Waals surface area contributed by atoms with E-state index in [1.54, 1.807) is 55.6 Å². The fraction of sp³-hybridized carbons (Fsp3) is 0.200. The molecule has 3 rings (SSSR count). The molecule has 2 amide bonds. The van der Waals surface area contributed by atoms with Crippen molar-refractivity contribution in [2.24, 2.45) is 0 Å². The maximum Gasteiger partial charge on any atom is 0.251 e. The van der Waals surface area contributed by atoms with Gasteiger partial charge in [0.15, 0.2) is 0 Å². The number of rotatable bonds is 7. The first-order chi connectivity index (χ1) is 13.5. The Morgan fingerprint density at radius 3 is 2.46 bits per heavy atom. The van der Waals surface area contributed by atoms with E-state index in [0.29, 0.717) is 35.3 Å². The zero-order chi connectivity index (χ0) is 19.9. The van der Waals surface area contributed by atoms with Gasteiger partial charge in [-0.2, -0.15) is 4.98 Å². The highest BCUT2D eigenvalue weighted by atomic mass is 35.5. The molecule has 0 unspecified atom stereocenters. The van der Waals surface area contributed by atoms with E-state index < -0.39 is 0 Å². The van der Waals surface area contributed by atoms with Gasteiger partial charge in [-0.15, -0.1) is 0 Å². The molecular weight excluding hydrogens is 380 g/mol. The summed E-state index contributed by atoms with van der Waals surface area (Å²) >= 11 is 5.86. The number of nitrogens with one attached hydrogen (secondary N) is 2. The molecule has 0 aliphatic rings. The van der Waals surface area contributed by atoms with E-state index in [4.69, 9.17) is 16.1 Å². The van der Waals surface area contributed by atoms with Crippen molar-refractivity contribution in [1.29, 1.82) is 0 Å². The summed E-state index contributed by atoms with van der Waals surface area (Å²) in [6.45, 7) is 0.382. The lowest BCUT2D eigenvalue weighted by molar-refractivity contribution is -0.121. The minimum absolute atomic E-state index is 0.123. The van der Waals surface area contributed by atoms with E-state index in [1.807, 2.05) is 0 Å². The topological polar surface area (TPSA) is 97.1 Å². The Bertz CT molecular complexity index is 952. The summed E-state index contributed by atoms with van der Waals surface area (Å²) in [5.41, 5.74) is 2.28. The molecule has 2 N–H and O–H groups in total. The van der Waals surface area contributed by atoms with Crippen LogP contribution in [0.15, 0.2) is 53.1 Å². The van der Waals surface area contributed by atoms with Crippen molar-refractivity contribution in [2.75, 3.05) is 7.05 Å². The van der Waals surface area contributed by atoms with Crippen LogP contribution >= 0.6 is 11.6 Å². The zero-order valence-corrected chi connectivity index (χ0v) is 16.0. The number of aromatic nitrogens is 2. The Hall–Kier alpha value is -3.19. The van der Waals surface area contributed by atoms with Crippen LogP contribution in [0.1, 0.15) is 28.2 Å². The van der Waals surface area contributed by atoms with Crippen molar-refractivity contribution in [2.45, 2.75) is 19.4 Å². The first-order valence-electron chi connectivity index (χ1n) is 8.71. The third-order valence-corrected chi connectivity index (χ3v) is 4.32. The predicted molar refractivity (Wildman–Crippen MR) is 105 cm³/mol. The molecule has 1 aromatic heterocycles. The SMILES string of the molecule is CNC(=O)c1ccc(CNC(=O)CCc2nc(-c3ccc(Cl)cc3)no2)cc1. The van der Waals surface area contributed by atoms with Crippen LogP contribution in [0.25, 0.3) is 11.4 Å². The Morgan fingerprint density at radius 1 is 1.07 bits per heavy atom. The molecule has 0 fully saturated rings. The lowest BCUT2D eigenvalue weighted by Crippen LogP contribution is -2.23. The quantitative estimate of drug-likeness (QED) is 0.637. The molecule has 0 atom stereocenters. The van der Waals surface area contributed by atoms with Crippen LogP contribution < -0.4 is 10.6 Å². The molecule has 0 radical (unpaired) electrons. The van der Waals surface area contributed by atoms with Crippen LogP contribution in [0.2, 0.25) is 5.02 Å². The molecule has 0 spiro atoms. The van der Waals surface area contributed by atoms with Crippen molar-refractivity contribution in [3.63, 3.8) is 0 Å². The van der Waals surface area contributed by atoms with Gasteiger partial charge in [0, 0.05) is 42.6 Å². The molecular formula is C20H19ClN4O3. The number of hydrogen-bond acceptors (Lipinski definition) is 5. The van der Waals surface area contributed by atoms with Gasteiger partial charge in [0.1, 0.15) is 0 Å². The summed E-state index contributed by atoms with van der Waals surface area (Å²) in [6, 6.07) is 14.2. The van der Waals surface area contributed by atoms with E-state index in [2.05, 4.69) is 20.8 Å². The monoisotopic (exact) mass is 398 g/mol. The number of amides is 2. The first-order valence-corrected chi connectivity index (χ1v) is 9.09. The third-order valence-electron chi connectivity index (χ3n) is 4.07. The van der Waals surface area contributed by atoms with Gasteiger partial charge < -0.3 is 15.2 Å². The van der Waals surface area contributed by atoms with Gasteiger partial charge in [-0.25, -0.2) is 0 Å². The number of carbonyl (C=O) groups excluding carboxylic acids is 2. The van der Waals surface area contributed by atoms with E-state index in [-0.39, 0.29) is 18.2 Å². The van der Waals surface area contributed by atoms with E-state index in [9.17, 15) is 9.59 Å². The zero-order valence-electron chi connectivity index (χ0n) is 15.2. The largest absolute Gasteiger partial charge is 0.355 e. The van der Waals surface area contributed by atoms with Gasteiger partial charge in [0.05, 0.1) is 0 Å². The third kappa shape index (κ3) is 5.17. The summed E-state index contributed by atoms with van der Waals surface area (Å²) in [5.74, 6) is 0.591. The van der Waals surface area contributed by atoms with Crippen molar-refractivity contribution in [3.8, 4) is 11.4 Å². The average molecular weight is 399 g/mol. The van der Waals surface area contributed by atoms with Gasteiger partial charge in [-0.3, -0.25) is 9.59 Å². The second kappa shape index (κ2) is 9.14. The predicted octanol–water partition coefficient (Wildman–Crippen LogP) is 3.00. The number of benzene rings is 2. The lowest BCUT2D eigenvalue weighted by Gasteiger charge is -2.05. The summed E-state index contributed by atoms with van der Waals surface area (Å²) < 4.78 is 5.20. The second-order valence-corrected chi connectivity index (χ2v) is 6.51. The number of hydrogen-bond donors (Lipinski definition) is 2. The van der Waals surface area contributed by atoms with Crippen molar-refractivity contribution < 1.29 is 14.1 Å². The van der Waals surface area contributed by atoms with Crippen LogP contribution in [0.5, 0.6) is 0 Å². The smallest absolute Gasteiger partial charge is 0.251 e. The minimum atomic E-state index is -0.145. The van der Waals surface area contributed by atoms with E-state index >= 15 is 0 Å². The van der Waals surface area contributed by atoms with Crippen LogP contribution in [-0.4, -0.2) is 29.0 Å². The minimum Gasteiger partial charge on any atom is -0.355 e. The Labute approximate surface area is 167 Å².